The molecule has 106 valence electrons. The van der Waals surface area contributed by atoms with Crippen LogP contribution in [0.25, 0.3) is 0 Å². The molecule has 0 aromatic carbocycles. The molecule has 0 spiro atoms. The third kappa shape index (κ3) is 4.31. The maximum Gasteiger partial charge on any atom is 0.224 e. The SMILES string of the molecule is CCN(CC1CCNCC1)C(=O)CCn1ccnn1. The Bertz CT molecular complexity index is 372. The van der Waals surface area contributed by atoms with Gasteiger partial charge in [0, 0.05) is 25.7 Å². The molecule has 0 radical (unpaired) electrons. The van der Waals surface area contributed by atoms with Crippen molar-refractivity contribution in [2.75, 3.05) is 26.2 Å². The minimum Gasteiger partial charge on any atom is -0.343 e. The molecule has 1 aromatic rings. The summed E-state index contributed by atoms with van der Waals surface area (Å²) in [4.78, 5) is 14.2. The largest absolute Gasteiger partial charge is 0.343 e. The van der Waals surface area contributed by atoms with Gasteiger partial charge in [0.2, 0.25) is 5.91 Å². The number of hydrogen-bond acceptors (Lipinski definition) is 4. The molecule has 0 atom stereocenters. The highest BCUT2D eigenvalue weighted by molar-refractivity contribution is 5.76. The Labute approximate surface area is 114 Å². The molecule has 6 heteroatoms. The van der Waals surface area contributed by atoms with Crippen LogP contribution in [0.15, 0.2) is 12.4 Å². The molecule has 1 amide bonds. The van der Waals surface area contributed by atoms with Crippen LogP contribution in [0.4, 0.5) is 0 Å². The summed E-state index contributed by atoms with van der Waals surface area (Å²) in [5.41, 5.74) is 0. The van der Waals surface area contributed by atoms with Gasteiger partial charge in [-0.05, 0) is 38.8 Å². The van der Waals surface area contributed by atoms with Gasteiger partial charge in [-0.1, -0.05) is 5.21 Å². The lowest BCUT2D eigenvalue weighted by atomic mass is 9.97. The summed E-state index contributed by atoms with van der Waals surface area (Å²) >= 11 is 0. The van der Waals surface area contributed by atoms with E-state index in [-0.39, 0.29) is 5.91 Å². The van der Waals surface area contributed by atoms with Gasteiger partial charge in [0.25, 0.3) is 0 Å². The van der Waals surface area contributed by atoms with Crippen molar-refractivity contribution in [2.45, 2.75) is 32.7 Å². The smallest absolute Gasteiger partial charge is 0.224 e. The van der Waals surface area contributed by atoms with E-state index in [2.05, 4.69) is 22.6 Å². The van der Waals surface area contributed by atoms with E-state index in [4.69, 9.17) is 0 Å². The monoisotopic (exact) mass is 265 g/mol. The number of aryl methyl sites for hydroxylation is 1. The molecular formula is C13H23N5O. The molecule has 2 heterocycles. The Hall–Kier alpha value is -1.43. The standard InChI is InChI=1S/C13H23N5O/c1-2-17(11-12-3-6-14-7-4-12)13(19)5-9-18-10-8-15-16-18/h8,10,12,14H,2-7,9,11H2,1H3. The molecule has 1 aliphatic heterocycles. The van der Waals surface area contributed by atoms with Crippen LogP contribution in [-0.4, -0.2) is 52.0 Å². The fraction of sp³-hybridized carbons (Fsp3) is 0.769. The Kier molecular flexibility index (Phi) is 5.32. The highest BCUT2D eigenvalue weighted by Gasteiger charge is 2.19. The molecule has 1 aromatic heterocycles. The number of nitrogens with zero attached hydrogens (tertiary/aromatic N) is 4. The summed E-state index contributed by atoms with van der Waals surface area (Å²) in [6, 6.07) is 0. The zero-order valence-corrected chi connectivity index (χ0v) is 11.6. The van der Waals surface area contributed by atoms with Gasteiger partial charge in [-0.3, -0.25) is 9.48 Å². The highest BCUT2D eigenvalue weighted by atomic mass is 16.2. The molecule has 0 unspecified atom stereocenters. The van der Waals surface area contributed by atoms with Crippen LogP contribution in [0.3, 0.4) is 0 Å². The van der Waals surface area contributed by atoms with Crippen molar-refractivity contribution in [1.82, 2.24) is 25.2 Å². The van der Waals surface area contributed by atoms with Gasteiger partial charge in [-0.15, -0.1) is 5.10 Å². The molecule has 6 nitrogen and oxygen atoms in total. The van der Waals surface area contributed by atoms with Crippen LogP contribution in [0.1, 0.15) is 26.2 Å². The van der Waals surface area contributed by atoms with Crippen LogP contribution in [0.2, 0.25) is 0 Å². The number of amides is 1. The second-order valence-corrected chi connectivity index (χ2v) is 5.04. The predicted molar refractivity (Wildman–Crippen MR) is 72.5 cm³/mol. The summed E-state index contributed by atoms with van der Waals surface area (Å²) in [6.07, 6.45) is 6.27. The average molecular weight is 265 g/mol. The first-order valence-corrected chi connectivity index (χ1v) is 7.12. The molecular weight excluding hydrogens is 242 g/mol. The van der Waals surface area contributed by atoms with E-state index in [0.29, 0.717) is 18.9 Å². The quantitative estimate of drug-likeness (QED) is 0.814. The molecule has 19 heavy (non-hydrogen) atoms. The first kappa shape index (κ1) is 14.0. The number of nitrogens with one attached hydrogen (secondary N) is 1. The van der Waals surface area contributed by atoms with Crippen molar-refractivity contribution in [3.8, 4) is 0 Å². The van der Waals surface area contributed by atoms with Crippen LogP contribution in [0, 0.1) is 5.92 Å². The van der Waals surface area contributed by atoms with Gasteiger partial charge < -0.3 is 10.2 Å². The molecule has 1 N–H and O–H groups in total. The second-order valence-electron chi connectivity index (χ2n) is 5.04. The van der Waals surface area contributed by atoms with Crippen LogP contribution < -0.4 is 5.32 Å². The lowest BCUT2D eigenvalue weighted by Gasteiger charge is -2.29. The van der Waals surface area contributed by atoms with Crippen molar-refractivity contribution >= 4 is 5.91 Å². The molecule has 1 fully saturated rings. The van der Waals surface area contributed by atoms with E-state index in [0.717, 1.165) is 26.2 Å². The van der Waals surface area contributed by atoms with Crippen molar-refractivity contribution in [3.05, 3.63) is 12.4 Å². The van der Waals surface area contributed by atoms with E-state index in [1.807, 2.05) is 4.90 Å². The van der Waals surface area contributed by atoms with Gasteiger partial charge in [0.15, 0.2) is 0 Å². The minimum absolute atomic E-state index is 0.219. The highest BCUT2D eigenvalue weighted by Crippen LogP contribution is 2.14. The maximum absolute atomic E-state index is 12.2. The van der Waals surface area contributed by atoms with E-state index in [1.165, 1.54) is 12.8 Å². The fourth-order valence-corrected chi connectivity index (χ4v) is 2.50. The van der Waals surface area contributed by atoms with E-state index >= 15 is 0 Å². The van der Waals surface area contributed by atoms with Gasteiger partial charge in [0.1, 0.15) is 0 Å². The number of rotatable bonds is 6. The molecule has 2 rings (SSSR count). The number of aromatic nitrogens is 3. The Morgan fingerprint density at radius 2 is 2.26 bits per heavy atom. The van der Waals surface area contributed by atoms with Crippen LogP contribution >= 0.6 is 0 Å². The first-order valence-electron chi connectivity index (χ1n) is 7.12. The summed E-state index contributed by atoms with van der Waals surface area (Å²) in [5.74, 6) is 0.869. The molecule has 0 bridgehead atoms. The minimum atomic E-state index is 0.219. The fourth-order valence-electron chi connectivity index (χ4n) is 2.50. The zero-order chi connectivity index (χ0) is 13.5. The Morgan fingerprint density at radius 1 is 1.47 bits per heavy atom. The number of carbonyl (C=O) groups is 1. The lowest BCUT2D eigenvalue weighted by Crippen LogP contribution is -2.39. The van der Waals surface area contributed by atoms with E-state index < -0.39 is 0 Å². The molecule has 0 aliphatic carbocycles. The van der Waals surface area contributed by atoms with E-state index in [9.17, 15) is 4.79 Å². The van der Waals surface area contributed by atoms with Gasteiger partial charge in [-0.25, -0.2) is 0 Å². The second kappa shape index (κ2) is 7.23. The number of carbonyl (C=O) groups excluding carboxylic acids is 1. The summed E-state index contributed by atoms with van der Waals surface area (Å²) < 4.78 is 1.70. The van der Waals surface area contributed by atoms with E-state index in [1.54, 1.807) is 17.1 Å². The Balaban J connectivity index is 1.77. The summed E-state index contributed by atoms with van der Waals surface area (Å²) in [5, 5.41) is 11.0. The normalized spacial score (nSPS) is 16.5. The van der Waals surface area contributed by atoms with Gasteiger partial charge in [-0.2, -0.15) is 0 Å². The van der Waals surface area contributed by atoms with Crippen LogP contribution in [-0.2, 0) is 11.3 Å². The van der Waals surface area contributed by atoms with Crippen molar-refractivity contribution in [3.63, 3.8) is 0 Å². The van der Waals surface area contributed by atoms with Crippen molar-refractivity contribution < 1.29 is 4.79 Å². The Morgan fingerprint density at radius 3 is 2.89 bits per heavy atom. The lowest BCUT2D eigenvalue weighted by molar-refractivity contribution is -0.132. The average Bonchev–Trinajstić information content (AvgIpc) is 2.96. The van der Waals surface area contributed by atoms with Crippen LogP contribution in [0.5, 0.6) is 0 Å². The van der Waals surface area contributed by atoms with Gasteiger partial charge >= 0.3 is 0 Å². The summed E-state index contributed by atoms with van der Waals surface area (Å²) in [7, 11) is 0. The third-order valence-electron chi connectivity index (χ3n) is 3.70. The number of piperidine rings is 1. The predicted octanol–water partition coefficient (Wildman–Crippen LogP) is 0.516. The zero-order valence-electron chi connectivity index (χ0n) is 11.6. The van der Waals surface area contributed by atoms with Crippen molar-refractivity contribution in [2.24, 2.45) is 5.92 Å². The maximum atomic E-state index is 12.2. The first-order chi connectivity index (χ1) is 9.29. The molecule has 0 saturated carbocycles. The van der Waals surface area contributed by atoms with Gasteiger partial charge in [0.05, 0.1) is 12.7 Å². The third-order valence-corrected chi connectivity index (χ3v) is 3.70. The number of hydrogen-bond donors (Lipinski definition) is 1. The summed E-state index contributed by atoms with van der Waals surface area (Å²) in [6.45, 7) is 6.51. The topological polar surface area (TPSA) is 63.1 Å². The molecule has 1 aliphatic rings. The van der Waals surface area contributed by atoms with Crippen molar-refractivity contribution in [1.29, 1.82) is 0 Å². The molecule has 1 saturated heterocycles.